The second-order valence-corrected chi connectivity index (χ2v) is 6.73. The Morgan fingerprint density at radius 3 is 2.45 bits per heavy atom. The summed E-state index contributed by atoms with van der Waals surface area (Å²) in [6.45, 7) is 0.0124. The third kappa shape index (κ3) is 4.98. The summed E-state index contributed by atoms with van der Waals surface area (Å²) in [6, 6.07) is 10.6. The van der Waals surface area contributed by atoms with Crippen molar-refractivity contribution in [3.05, 3.63) is 75.6 Å². The summed E-state index contributed by atoms with van der Waals surface area (Å²) in [5, 5.41) is 25.8. The van der Waals surface area contributed by atoms with Crippen LogP contribution in [0.2, 0.25) is 0 Å². The van der Waals surface area contributed by atoms with Crippen LogP contribution in [0.5, 0.6) is 0 Å². The van der Waals surface area contributed by atoms with Gasteiger partial charge in [-0.1, -0.05) is 0 Å². The summed E-state index contributed by atoms with van der Waals surface area (Å²) in [5.74, 6) is -3.05. The first-order chi connectivity index (χ1) is 14.8. The number of carboxylic acid groups (broad SMARTS) is 1. The molecule has 1 aliphatic heterocycles. The number of hydrogen-bond acceptors (Lipinski definition) is 6. The standard InChI is InChI=1S/C21H18FN3O6/c1-31-12-19-18(20(26)24(23-19)16-8-4-15(22)5-9-16)11-14(21(27)28)10-13-2-6-17(7-3-13)25(29)30/h2-10,18H,11-12H2,1H3,(H,27,28). The zero-order chi connectivity index (χ0) is 22.5. The fourth-order valence-electron chi connectivity index (χ4n) is 3.11. The molecule has 0 aromatic heterocycles. The first-order valence-electron chi connectivity index (χ1n) is 9.14. The predicted molar refractivity (Wildman–Crippen MR) is 110 cm³/mol. The maximum Gasteiger partial charge on any atom is 0.331 e. The number of nitro benzene ring substituents is 1. The Hall–Kier alpha value is -3.92. The van der Waals surface area contributed by atoms with Crippen LogP contribution in [0, 0.1) is 21.8 Å². The number of non-ortho nitro benzene ring substituents is 1. The Morgan fingerprint density at radius 2 is 1.90 bits per heavy atom. The number of hydrogen-bond donors (Lipinski definition) is 1. The lowest BCUT2D eigenvalue weighted by molar-refractivity contribution is -0.384. The number of carbonyl (C=O) groups is 2. The van der Waals surface area contributed by atoms with E-state index in [2.05, 4.69) is 5.10 Å². The van der Waals surface area contributed by atoms with E-state index in [0.717, 1.165) is 5.01 Å². The van der Waals surface area contributed by atoms with Gasteiger partial charge in [-0.15, -0.1) is 0 Å². The highest BCUT2D eigenvalue weighted by Gasteiger charge is 2.37. The number of halogens is 1. The minimum absolute atomic E-state index is 0.0124. The molecule has 1 amide bonds. The number of hydrazone groups is 1. The van der Waals surface area contributed by atoms with Gasteiger partial charge in [0.25, 0.3) is 11.6 Å². The lowest BCUT2D eigenvalue weighted by Crippen LogP contribution is -2.29. The van der Waals surface area contributed by atoms with Crippen LogP contribution in [0.15, 0.2) is 59.2 Å². The van der Waals surface area contributed by atoms with Gasteiger partial charge in [-0.25, -0.2) is 14.2 Å². The molecule has 0 radical (unpaired) electrons. The van der Waals surface area contributed by atoms with Gasteiger partial charge < -0.3 is 9.84 Å². The molecule has 0 bridgehead atoms. The SMILES string of the molecule is COCC1=NN(c2ccc(F)cc2)C(=O)C1CC(=Cc1ccc([N+](=O)[O-])cc1)C(=O)O. The number of ether oxygens (including phenoxy) is 1. The minimum Gasteiger partial charge on any atom is -0.478 e. The summed E-state index contributed by atoms with van der Waals surface area (Å²) in [7, 11) is 1.43. The molecular weight excluding hydrogens is 409 g/mol. The van der Waals surface area contributed by atoms with Crippen LogP contribution in [0.1, 0.15) is 12.0 Å². The molecule has 1 aliphatic rings. The second kappa shape index (κ2) is 9.26. The molecule has 0 saturated carbocycles. The number of carbonyl (C=O) groups excluding carboxylic acids is 1. The summed E-state index contributed by atoms with van der Waals surface area (Å²) >= 11 is 0. The van der Waals surface area contributed by atoms with Crippen molar-refractivity contribution in [3.8, 4) is 0 Å². The number of nitro groups is 1. The fourth-order valence-corrected chi connectivity index (χ4v) is 3.11. The zero-order valence-electron chi connectivity index (χ0n) is 16.4. The number of rotatable bonds is 8. The van der Waals surface area contributed by atoms with E-state index in [1.165, 1.54) is 61.7 Å². The summed E-state index contributed by atoms with van der Waals surface area (Å²) in [6.07, 6.45) is 1.19. The number of aliphatic carboxylic acids is 1. The lowest BCUT2D eigenvalue weighted by Gasteiger charge is -2.15. The van der Waals surface area contributed by atoms with Crippen molar-refractivity contribution in [3.63, 3.8) is 0 Å². The van der Waals surface area contributed by atoms with E-state index in [0.29, 0.717) is 17.0 Å². The number of anilines is 1. The summed E-state index contributed by atoms with van der Waals surface area (Å²) in [4.78, 5) is 35.0. The second-order valence-electron chi connectivity index (χ2n) is 6.73. The van der Waals surface area contributed by atoms with E-state index in [4.69, 9.17) is 4.74 Å². The average Bonchev–Trinajstić information content (AvgIpc) is 3.04. The molecule has 1 atom stereocenters. The first kappa shape index (κ1) is 21.8. The molecule has 1 unspecified atom stereocenters. The Kier molecular flexibility index (Phi) is 6.51. The monoisotopic (exact) mass is 427 g/mol. The highest BCUT2D eigenvalue weighted by atomic mass is 19.1. The fraction of sp³-hybridized carbons (Fsp3) is 0.190. The van der Waals surface area contributed by atoms with Gasteiger partial charge in [-0.2, -0.15) is 5.10 Å². The van der Waals surface area contributed by atoms with Crippen molar-refractivity contribution < 1.29 is 28.7 Å². The molecular formula is C21H18FN3O6. The van der Waals surface area contributed by atoms with Crippen molar-refractivity contribution in [2.75, 3.05) is 18.7 Å². The number of methoxy groups -OCH3 is 1. The van der Waals surface area contributed by atoms with Gasteiger partial charge in [0.2, 0.25) is 0 Å². The third-order valence-corrected chi connectivity index (χ3v) is 4.64. The van der Waals surface area contributed by atoms with Crippen molar-refractivity contribution >= 4 is 35.0 Å². The Bertz CT molecular complexity index is 1060. The van der Waals surface area contributed by atoms with E-state index < -0.39 is 28.5 Å². The van der Waals surface area contributed by atoms with E-state index in [9.17, 15) is 29.2 Å². The largest absolute Gasteiger partial charge is 0.478 e. The van der Waals surface area contributed by atoms with E-state index in [1.807, 2.05) is 0 Å². The van der Waals surface area contributed by atoms with Crippen LogP contribution in [0.25, 0.3) is 6.08 Å². The third-order valence-electron chi connectivity index (χ3n) is 4.64. The molecule has 9 nitrogen and oxygen atoms in total. The van der Waals surface area contributed by atoms with Gasteiger partial charge in [-0.3, -0.25) is 14.9 Å². The first-order valence-corrected chi connectivity index (χ1v) is 9.14. The van der Waals surface area contributed by atoms with Crippen LogP contribution in [0.4, 0.5) is 15.8 Å². The average molecular weight is 427 g/mol. The number of carboxylic acids is 1. The summed E-state index contributed by atoms with van der Waals surface area (Å²) in [5.41, 5.74) is 0.932. The molecule has 10 heteroatoms. The van der Waals surface area contributed by atoms with Crippen molar-refractivity contribution in [1.82, 2.24) is 0 Å². The van der Waals surface area contributed by atoms with Crippen LogP contribution in [-0.2, 0) is 14.3 Å². The molecule has 0 aliphatic carbocycles. The molecule has 160 valence electrons. The molecule has 31 heavy (non-hydrogen) atoms. The van der Waals surface area contributed by atoms with Crippen molar-refractivity contribution in [1.29, 1.82) is 0 Å². The van der Waals surface area contributed by atoms with Crippen LogP contribution in [-0.4, -0.2) is 41.3 Å². The molecule has 0 saturated heterocycles. The maximum absolute atomic E-state index is 13.2. The van der Waals surface area contributed by atoms with Gasteiger partial charge in [0, 0.05) is 24.8 Å². The molecule has 2 aromatic carbocycles. The predicted octanol–water partition coefficient (Wildman–Crippen LogP) is 3.26. The van der Waals surface area contributed by atoms with E-state index >= 15 is 0 Å². The van der Waals surface area contributed by atoms with Gasteiger partial charge in [0.1, 0.15) is 5.82 Å². The van der Waals surface area contributed by atoms with Crippen molar-refractivity contribution in [2.45, 2.75) is 6.42 Å². The lowest BCUT2D eigenvalue weighted by atomic mass is 9.93. The molecule has 2 aromatic rings. The smallest absolute Gasteiger partial charge is 0.331 e. The van der Waals surface area contributed by atoms with Gasteiger partial charge >= 0.3 is 5.97 Å². The van der Waals surface area contributed by atoms with Gasteiger partial charge in [0.15, 0.2) is 0 Å². The number of nitrogens with zero attached hydrogens (tertiary/aromatic N) is 3. The number of benzene rings is 2. The van der Waals surface area contributed by atoms with Crippen LogP contribution >= 0.6 is 0 Å². The van der Waals surface area contributed by atoms with Crippen molar-refractivity contribution in [2.24, 2.45) is 11.0 Å². The molecule has 1 heterocycles. The highest BCUT2D eigenvalue weighted by molar-refractivity contribution is 6.16. The zero-order valence-corrected chi connectivity index (χ0v) is 16.4. The molecule has 1 N–H and O–H groups in total. The van der Waals surface area contributed by atoms with Crippen LogP contribution in [0.3, 0.4) is 0 Å². The van der Waals surface area contributed by atoms with Gasteiger partial charge in [0.05, 0.1) is 28.8 Å². The molecule has 3 rings (SSSR count). The van der Waals surface area contributed by atoms with Crippen LogP contribution < -0.4 is 5.01 Å². The number of amides is 1. The summed E-state index contributed by atoms with van der Waals surface area (Å²) < 4.78 is 18.3. The molecule has 0 fully saturated rings. The Labute approximate surface area is 176 Å². The Morgan fingerprint density at radius 1 is 1.26 bits per heavy atom. The highest BCUT2D eigenvalue weighted by Crippen LogP contribution is 2.29. The quantitative estimate of drug-likeness (QED) is 0.392. The topological polar surface area (TPSA) is 122 Å². The molecule has 0 spiro atoms. The van der Waals surface area contributed by atoms with E-state index in [1.54, 1.807) is 0 Å². The minimum atomic E-state index is -1.23. The maximum atomic E-state index is 13.2. The van der Waals surface area contributed by atoms with Gasteiger partial charge in [-0.05, 0) is 54.5 Å². The normalized spacial score (nSPS) is 16.4. The Balaban J connectivity index is 1.88. The van der Waals surface area contributed by atoms with E-state index in [-0.39, 0.29) is 24.3 Å².